The summed E-state index contributed by atoms with van der Waals surface area (Å²) in [5.74, 6) is -0.555. The molecule has 2 saturated heterocycles. The Morgan fingerprint density at radius 1 is 0.862 bits per heavy atom. The van der Waals surface area contributed by atoms with Gasteiger partial charge >= 0.3 is 5.69 Å². The van der Waals surface area contributed by atoms with Crippen molar-refractivity contribution in [2.75, 3.05) is 49.2 Å². The molecular formula is C44H48F2N8O4. The van der Waals surface area contributed by atoms with Crippen molar-refractivity contribution in [3.63, 3.8) is 0 Å². The maximum atomic E-state index is 15.0. The predicted octanol–water partition coefficient (Wildman–Crippen LogP) is 6.80. The zero-order valence-corrected chi connectivity index (χ0v) is 32.7. The van der Waals surface area contributed by atoms with Crippen LogP contribution in [-0.2, 0) is 28.2 Å². The van der Waals surface area contributed by atoms with E-state index in [0.29, 0.717) is 38.2 Å². The van der Waals surface area contributed by atoms with E-state index in [2.05, 4.69) is 49.2 Å². The van der Waals surface area contributed by atoms with E-state index >= 15 is 4.39 Å². The maximum Gasteiger partial charge on any atom is 0.350 e. The van der Waals surface area contributed by atoms with Gasteiger partial charge in [-0.3, -0.25) is 0 Å². The Balaban J connectivity index is 0.828. The van der Waals surface area contributed by atoms with Gasteiger partial charge in [0.15, 0.2) is 0 Å². The molecule has 2 fully saturated rings. The zero-order chi connectivity index (χ0) is 40.1. The minimum Gasteiger partial charge on any atom is -0.493 e. The van der Waals surface area contributed by atoms with Crippen molar-refractivity contribution < 1.29 is 23.0 Å². The van der Waals surface area contributed by atoms with Crippen LogP contribution in [0.1, 0.15) is 43.9 Å². The minimum atomic E-state index is -1.02. The number of halogens is 2. The van der Waals surface area contributed by atoms with Crippen LogP contribution in [0.3, 0.4) is 0 Å². The molecule has 0 aliphatic carbocycles. The largest absolute Gasteiger partial charge is 0.493 e. The zero-order valence-electron chi connectivity index (χ0n) is 32.7. The second-order valence-corrected chi connectivity index (χ2v) is 15.1. The van der Waals surface area contributed by atoms with Crippen LogP contribution in [0, 0.1) is 17.6 Å². The van der Waals surface area contributed by atoms with Gasteiger partial charge in [-0.15, -0.1) is 0 Å². The monoisotopic (exact) mass is 790 g/mol. The Kier molecular flexibility index (Phi) is 11.6. The molecule has 0 amide bonds. The Morgan fingerprint density at radius 2 is 1.55 bits per heavy atom. The van der Waals surface area contributed by atoms with Gasteiger partial charge in [-0.1, -0.05) is 43.3 Å². The third-order valence-corrected chi connectivity index (χ3v) is 11.3. The quantitative estimate of drug-likeness (QED) is 0.111. The summed E-state index contributed by atoms with van der Waals surface area (Å²) in [6.45, 7) is 8.91. The van der Waals surface area contributed by atoms with Gasteiger partial charge in [0.25, 0.3) is 0 Å². The third-order valence-electron chi connectivity index (χ3n) is 11.3. The highest BCUT2D eigenvalue weighted by atomic mass is 19.1. The van der Waals surface area contributed by atoms with Crippen LogP contribution in [0.5, 0.6) is 5.75 Å². The minimum absolute atomic E-state index is 0.0128. The molecule has 14 heteroatoms. The fourth-order valence-corrected chi connectivity index (χ4v) is 8.14. The van der Waals surface area contributed by atoms with Crippen molar-refractivity contribution >= 4 is 11.4 Å². The second kappa shape index (κ2) is 17.3. The molecule has 8 rings (SSSR count). The lowest BCUT2D eigenvalue weighted by atomic mass is 9.87. The van der Waals surface area contributed by atoms with Crippen LogP contribution in [0.2, 0.25) is 0 Å². The lowest BCUT2D eigenvalue weighted by Gasteiger charge is -2.37. The van der Waals surface area contributed by atoms with E-state index in [4.69, 9.17) is 14.2 Å². The third kappa shape index (κ3) is 8.53. The van der Waals surface area contributed by atoms with Crippen molar-refractivity contribution in [3.8, 4) is 11.4 Å². The number of nitrogens with zero attached hydrogens (tertiary/aromatic N) is 8. The molecule has 2 aliphatic rings. The molecule has 0 radical (unpaired) electrons. The molecule has 2 aromatic heterocycles. The summed E-state index contributed by atoms with van der Waals surface area (Å²) in [5.41, 5.74) is 3.16. The van der Waals surface area contributed by atoms with Crippen molar-refractivity contribution in [2.45, 2.75) is 57.6 Å². The molecule has 0 N–H and O–H groups in total. The van der Waals surface area contributed by atoms with Crippen LogP contribution >= 0.6 is 0 Å². The summed E-state index contributed by atoms with van der Waals surface area (Å²) >= 11 is 0. The lowest BCUT2D eigenvalue weighted by Crippen LogP contribution is -2.46. The van der Waals surface area contributed by atoms with E-state index in [1.807, 2.05) is 68.4 Å². The highest BCUT2D eigenvalue weighted by Gasteiger charge is 2.44. The molecule has 0 unspecified atom stereocenters. The van der Waals surface area contributed by atoms with Crippen LogP contribution < -0.4 is 20.2 Å². The molecule has 302 valence electrons. The van der Waals surface area contributed by atoms with Crippen LogP contribution in [-0.4, -0.2) is 74.6 Å². The molecular weight excluding hydrogens is 743 g/mol. The standard InChI is InChI=1S/C44H48F2N8O4/c1-3-42(32(2)56-25-33-7-5-4-6-8-33)54-43(55)53(31-49-54)38-12-10-36(11-13-38)50-19-21-51(22-20-50)37-14-16-39(17-15-37)57-26-34-24-44(58-27-34,28-52-30-47-29-48-52)40-18-9-35(45)23-41(40)46/h4-18,23,29-32,34,42H,3,19-22,24-28H2,1-2H3/t32-,34-,42-,44+/m1/s1. The van der Waals surface area contributed by atoms with E-state index in [-0.39, 0.29) is 30.3 Å². The van der Waals surface area contributed by atoms with Crippen LogP contribution in [0.4, 0.5) is 20.2 Å². The van der Waals surface area contributed by atoms with Gasteiger partial charge in [0, 0.05) is 55.1 Å². The van der Waals surface area contributed by atoms with Crippen molar-refractivity contribution in [3.05, 3.63) is 149 Å². The topological polar surface area (TPSA) is 105 Å². The molecule has 6 aromatic rings. The van der Waals surface area contributed by atoms with E-state index < -0.39 is 17.2 Å². The molecule has 58 heavy (non-hydrogen) atoms. The number of hydrogen-bond donors (Lipinski definition) is 0. The Bertz CT molecular complexity index is 2300. The van der Waals surface area contributed by atoms with Gasteiger partial charge < -0.3 is 24.0 Å². The summed E-state index contributed by atoms with van der Waals surface area (Å²) in [6, 6.07) is 29.6. The molecule has 4 heterocycles. The predicted molar refractivity (Wildman–Crippen MR) is 216 cm³/mol. The molecule has 4 atom stereocenters. The second-order valence-electron chi connectivity index (χ2n) is 15.1. The molecule has 12 nitrogen and oxygen atoms in total. The summed E-state index contributed by atoms with van der Waals surface area (Å²) in [4.78, 5) is 22.2. The van der Waals surface area contributed by atoms with E-state index in [1.54, 1.807) is 26.6 Å². The average molecular weight is 791 g/mol. The number of anilines is 2. The van der Waals surface area contributed by atoms with Gasteiger partial charge in [-0.2, -0.15) is 10.2 Å². The first-order valence-corrected chi connectivity index (χ1v) is 19.9. The number of rotatable bonds is 15. The van der Waals surface area contributed by atoms with Crippen molar-refractivity contribution in [2.24, 2.45) is 5.92 Å². The number of aromatic nitrogens is 6. The van der Waals surface area contributed by atoms with E-state index in [1.165, 1.54) is 18.5 Å². The summed E-state index contributed by atoms with van der Waals surface area (Å²) < 4.78 is 52.1. The summed E-state index contributed by atoms with van der Waals surface area (Å²) in [6.07, 6.45) is 5.57. The molecule has 0 saturated carbocycles. The van der Waals surface area contributed by atoms with E-state index in [0.717, 1.165) is 60.6 Å². The van der Waals surface area contributed by atoms with E-state index in [9.17, 15) is 9.18 Å². The summed E-state index contributed by atoms with van der Waals surface area (Å²) in [5, 5.41) is 8.68. The first-order chi connectivity index (χ1) is 28.3. The number of piperazine rings is 1. The first kappa shape index (κ1) is 39.0. The highest BCUT2D eigenvalue weighted by molar-refractivity contribution is 5.54. The van der Waals surface area contributed by atoms with Gasteiger partial charge in [0.05, 0.1) is 44.2 Å². The highest BCUT2D eigenvalue weighted by Crippen LogP contribution is 2.42. The molecule has 0 bridgehead atoms. The van der Waals surface area contributed by atoms with Crippen LogP contribution in [0.25, 0.3) is 5.69 Å². The average Bonchev–Trinajstić information content (AvgIpc) is 4.02. The molecule has 2 aliphatic heterocycles. The van der Waals surface area contributed by atoms with Gasteiger partial charge in [0.2, 0.25) is 0 Å². The van der Waals surface area contributed by atoms with Gasteiger partial charge in [0.1, 0.15) is 42.0 Å². The smallest absolute Gasteiger partial charge is 0.350 e. The normalized spacial score (nSPS) is 19.3. The Hall–Kier alpha value is -5.86. The van der Waals surface area contributed by atoms with Crippen molar-refractivity contribution in [1.82, 2.24) is 29.1 Å². The molecule has 4 aromatic carbocycles. The Labute approximate surface area is 336 Å². The number of benzene rings is 4. The SMILES string of the molecule is CC[C@H]([C@@H](C)OCc1ccccc1)n1ncn(-c2ccc(N3CCN(c4ccc(OC[C@@H]5CO[C@@](Cn6cncn6)(c6ccc(F)cc6F)C5)cc4)CC3)cc2)c1=O. The number of hydrogen-bond acceptors (Lipinski definition) is 9. The van der Waals surface area contributed by atoms with Crippen LogP contribution in [0.15, 0.2) is 121 Å². The first-order valence-electron chi connectivity index (χ1n) is 19.9. The van der Waals surface area contributed by atoms with Crippen molar-refractivity contribution in [1.29, 1.82) is 0 Å². The number of ether oxygens (including phenoxy) is 3. The molecule has 0 spiro atoms. The fraction of sp³-hybridized carbons (Fsp3) is 0.364. The summed E-state index contributed by atoms with van der Waals surface area (Å²) in [7, 11) is 0. The van der Waals surface area contributed by atoms with Gasteiger partial charge in [-0.05, 0) is 79.9 Å². The maximum absolute atomic E-state index is 15.0. The Morgan fingerprint density at radius 3 is 2.21 bits per heavy atom. The fourth-order valence-electron chi connectivity index (χ4n) is 8.14. The lowest BCUT2D eigenvalue weighted by molar-refractivity contribution is -0.0206. The van der Waals surface area contributed by atoms with Gasteiger partial charge in [-0.25, -0.2) is 32.5 Å².